The van der Waals surface area contributed by atoms with Crippen LogP contribution in [0.1, 0.15) is 49.9 Å². The molecule has 1 aliphatic heterocycles. The number of rotatable bonds is 5. The Bertz CT molecular complexity index is 704. The van der Waals surface area contributed by atoms with Gasteiger partial charge >= 0.3 is 5.97 Å². The number of hydrogen-bond donors (Lipinski definition) is 1. The molecule has 6 heteroatoms. The van der Waals surface area contributed by atoms with Crippen LogP contribution in [0.4, 0.5) is 5.69 Å². The number of amides is 2. The molecule has 1 heterocycles. The number of carbonyl (C=O) groups excluding carboxylic acids is 3. The zero-order chi connectivity index (χ0) is 18.7. The number of nitrogens with one attached hydrogen (secondary N) is 1. The summed E-state index contributed by atoms with van der Waals surface area (Å²) in [5.41, 5.74) is -0.275. The van der Waals surface area contributed by atoms with Crippen LogP contribution in [0.3, 0.4) is 0 Å². The Kier molecular flexibility index (Phi) is 5.30. The van der Waals surface area contributed by atoms with Crippen molar-refractivity contribution in [1.29, 1.82) is 0 Å². The summed E-state index contributed by atoms with van der Waals surface area (Å²) >= 11 is 0. The maximum atomic E-state index is 12.9. The van der Waals surface area contributed by atoms with Gasteiger partial charge in [0.1, 0.15) is 5.41 Å². The lowest BCUT2D eigenvalue weighted by Gasteiger charge is -2.32. The SMILES string of the molecule is CCOC(=O)c1ccccc1NC(=O)C1(C(=O)N2CCC(C)CC2)CC1. The molecule has 0 aromatic heterocycles. The van der Waals surface area contributed by atoms with Gasteiger partial charge in [-0.2, -0.15) is 0 Å². The highest BCUT2D eigenvalue weighted by molar-refractivity contribution is 6.14. The highest BCUT2D eigenvalue weighted by Gasteiger charge is 2.58. The van der Waals surface area contributed by atoms with Crippen molar-refractivity contribution >= 4 is 23.5 Å². The second kappa shape index (κ2) is 7.48. The first kappa shape index (κ1) is 18.4. The van der Waals surface area contributed by atoms with Gasteiger partial charge in [0.15, 0.2) is 0 Å². The van der Waals surface area contributed by atoms with Gasteiger partial charge in [0, 0.05) is 13.1 Å². The van der Waals surface area contributed by atoms with Crippen LogP contribution in [0, 0.1) is 11.3 Å². The van der Waals surface area contributed by atoms with Gasteiger partial charge < -0.3 is 15.0 Å². The fourth-order valence-corrected chi connectivity index (χ4v) is 3.40. The monoisotopic (exact) mass is 358 g/mol. The minimum atomic E-state index is -0.970. The molecule has 1 N–H and O–H groups in total. The van der Waals surface area contributed by atoms with E-state index in [1.54, 1.807) is 31.2 Å². The van der Waals surface area contributed by atoms with E-state index in [1.807, 2.05) is 4.90 Å². The molecule has 0 bridgehead atoms. The second-order valence-electron chi connectivity index (χ2n) is 7.28. The lowest BCUT2D eigenvalue weighted by atomic mass is 9.96. The van der Waals surface area contributed by atoms with E-state index in [0.29, 0.717) is 43.1 Å². The van der Waals surface area contributed by atoms with Crippen molar-refractivity contribution in [2.45, 2.75) is 39.5 Å². The highest BCUT2D eigenvalue weighted by atomic mass is 16.5. The third kappa shape index (κ3) is 3.59. The van der Waals surface area contributed by atoms with Crippen molar-refractivity contribution in [2.75, 3.05) is 25.0 Å². The summed E-state index contributed by atoms with van der Waals surface area (Å²) in [6, 6.07) is 6.73. The normalized spacial score (nSPS) is 18.9. The molecule has 0 atom stereocenters. The third-order valence-electron chi connectivity index (χ3n) is 5.34. The van der Waals surface area contributed by atoms with Gasteiger partial charge in [0.05, 0.1) is 17.9 Å². The van der Waals surface area contributed by atoms with E-state index in [2.05, 4.69) is 12.2 Å². The quantitative estimate of drug-likeness (QED) is 0.649. The van der Waals surface area contributed by atoms with E-state index in [-0.39, 0.29) is 18.4 Å². The molecule has 0 unspecified atom stereocenters. The van der Waals surface area contributed by atoms with Crippen LogP contribution in [0.5, 0.6) is 0 Å². The zero-order valence-electron chi connectivity index (χ0n) is 15.4. The number of anilines is 1. The Hall–Kier alpha value is -2.37. The Morgan fingerprint density at radius 3 is 2.46 bits per heavy atom. The summed E-state index contributed by atoms with van der Waals surface area (Å²) in [7, 11) is 0. The van der Waals surface area contributed by atoms with Crippen molar-refractivity contribution in [2.24, 2.45) is 11.3 Å². The smallest absolute Gasteiger partial charge is 0.340 e. The third-order valence-corrected chi connectivity index (χ3v) is 5.34. The van der Waals surface area contributed by atoms with Crippen LogP contribution in [-0.2, 0) is 14.3 Å². The lowest BCUT2D eigenvalue weighted by molar-refractivity contribution is -0.143. The molecular formula is C20H26N2O4. The molecule has 1 saturated heterocycles. The van der Waals surface area contributed by atoms with Crippen molar-refractivity contribution in [3.05, 3.63) is 29.8 Å². The summed E-state index contributed by atoms with van der Waals surface area (Å²) < 4.78 is 5.04. The molecular weight excluding hydrogens is 332 g/mol. The molecule has 1 aromatic carbocycles. The van der Waals surface area contributed by atoms with E-state index < -0.39 is 11.4 Å². The first-order valence-electron chi connectivity index (χ1n) is 9.35. The number of hydrogen-bond acceptors (Lipinski definition) is 4. The van der Waals surface area contributed by atoms with Gasteiger partial charge in [-0.25, -0.2) is 4.79 Å². The molecule has 2 amide bonds. The Morgan fingerprint density at radius 1 is 1.19 bits per heavy atom. The van der Waals surface area contributed by atoms with Crippen LogP contribution in [0.2, 0.25) is 0 Å². The van der Waals surface area contributed by atoms with Crippen LogP contribution in [0.15, 0.2) is 24.3 Å². The predicted molar refractivity (Wildman–Crippen MR) is 97.7 cm³/mol. The Balaban J connectivity index is 1.72. The van der Waals surface area contributed by atoms with Crippen molar-refractivity contribution in [1.82, 2.24) is 4.90 Å². The molecule has 1 aliphatic carbocycles. The molecule has 140 valence electrons. The van der Waals surface area contributed by atoms with Gasteiger partial charge in [0.25, 0.3) is 0 Å². The van der Waals surface area contributed by atoms with Crippen LogP contribution >= 0.6 is 0 Å². The van der Waals surface area contributed by atoms with Crippen LogP contribution < -0.4 is 5.32 Å². The van der Waals surface area contributed by atoms with Gasteiger partial charge in [-0.1, -0.05) is 19.1 Å². The standard InChI is InChI=1S/C20H26N2O4/c1-3-26-17(23)15-6-4-5-7-16(15)21-18(24)20(10-11-20)19(25)22-12-8-14(2)9-13-22/h4-7,14H,3,8-13H2,1-2H3,(H,21,24). The average molecular weight is 358 g/mol. The Labute approximate surface area is 153 Å². The molecule has 6 nitrogen and oxygen atoms in total. The van der Waals surface area contributed by atoms with Gasteiger partial charge in [-0.3, -0.25) is 9.59 Å². The number of para-hydroxylation sites is 1. The average Bonchev–Trinajstić information content (AvgIpc) is 3.44. The van der Waals surface area contributed by atoms with E-state index in [0.717, 1.165) is 12.8 Å². The van der Waals surface area contributed by atoms with Crippen molar-refractivity contribution < 1.29 is 19.1 Å². The maximum absolute atomic E-state index is 12.9. The largest absolute Gasteiger partial charge is 0.462 e. The Morgan fingerprint density at radius 2 is 1.85 bits per heavy atom. The van der Waals surface area contributed by atoms with E-state index in [4.69, 9.17) is 4.74 Å². The minimum Gasteiger partial charge on any atom is -0.462 e. The fourth-order valence-electron chi connectivity index (χ4n) is 3.40. The van der Waals surface area contributed by atoms with Gasteiger partial charge in [0.2, 0.25) is 11.8 Å². The highest BCUT2D eigenvalue weighted by Crippen LogP contribution is 2.48. The summed E-state index contributed by atoms with van der Waals surface area (Å²) in [5.74, 6) is -0.252. The first-order valence-corrected chi connectivity index (χ1v) is 9.35. The second-order valence-corrected chi connectivity index (χ2v) is 7.28. The topological polar surface area (TPSA) is 75.7 Å². The number of ether oxygens (including phenoxy) is 1. The number of piperidine rings is 1. The molecule has 26 heavy (non-hydrogen) atoms. The van der Waals surface area contributed by atoms with Gasteiger partial charge in [-0.05, 0) is 50.7 Å². The molecule has 2 fully saturated rings. The molecule has 0 radical (unpaired) electrons. The summed E-state index contributed by atoms with van der Waals surface area (Å²) in [6.45, 7) is 5.62. The van der Waals surface area contributed by atoms with Crippen LogP contribution in [-0.4, -0.2) is 42.4 Å². The van der Waals surface area contributed by atoms with Crippen LogP contribution in [0.25, 0.3) is 0 Å². The predicted octanol–water partition coefficient (Wildman–Crippen LogP) is 2.84. The summed E-state index contributed by atoms with van der Waals surface area (Å²) in [4.78, 5) is 39.7. The molecule has 3 rings (SSSR count). The van der Waals surface area contributed by atoms with E-state index in [9.17, 15) is 14.4 Å². The number of esters is 1. The zero-order valence-corrected chi connectivity index (χ0v) is 15.4. The molecule has 0 spiro atoms. The fraction of sp³-hybridized carbons (Fsp3) is 0.550. The molecule has 1 saturated carbocycles. The number of likely N-dealkylation sites (tertiary alicyclic amines) is 1. The molecule has 2 aliphatic rings. The summed E-state index contributed by atoms with van der Waals surface area (Å²) in [6.07, 6.45) is 3.08. The van der Waals surface area contributed by atoms with Crippen molar-refractivity contribution in [3.8, 4) is 0 Å². The van der Waals surface area contributed by atoms with Crippen molar-refractivity contribution in [3.63, 3.8) is 0 Å². The van der Waals surface area contributed by atoms with E-state index >= 15 is 0 Å². The van der Waals surface area contributed by atoms with Gasteiger partial charge in [-0.15, -0.1) is 0 Å². The lowest BCUT2D eigenvalue weighted by Crippen LogP contribution is -2.46. The number of carbonyl (C=O) groups is 3. The number of benzene rings is 1. The first-order chi connectivity index (χ1) is 12.5. The number of nitrogens with zero attached hydrogens (tertiary/aromatic N) is 1. The van der Waals surface area contributed by atoms with E-state index in [1.165, 1.54) is 0 Å². The maximum Gasteiger partial charge on any atom is 0.340 e. The minimum absolute atomic E-state index is 0.0736. The summed E-state index contributed by atoms with van der Waals surface area (Å²) in [5, 5.41) is 2.79. The molecule has 1 aromatic rings.